The molecule has 0 aliphatic heterocycles. The molecule has 0 amide bonds. The van der Waals surface area contributed by atoms with Gasteiger partial charge in [-0.25, -0.2) is 13.1 Å². The molecule has 1 rings (SSSR count). The molecule has 0 bridgehead atoms. The number of hydrogen-bond donors (Lipinski definition) is 2. The number of non-ortho nitro benzene ring substituents is 1. The standard InChI is InChI=1S/C14H23N3O4S.ClH/c1-4-11-7-8-12(17(18)19)9-13(11)22(20,21)16-14(5-2,6-3)10-15;/h7-9,16H,4-6,10,15H2,1-3H3;1H. The summed E-state index contributed by atoms with van der Waals surface area (Å²) in [4.78, 5) is 10.2. The number of halogens is 1. The molecule has 23 heavy (non-hydrogen) atoms. The second kappa shape index (κ2) is 8.58. The third-order valence-electron chi connectivity index (χ3n) is 4.03. The molecule has 1 aromatic rings. The van der Waals surface area contributed by atoms with Crippen molar-refractivity contribution in [2.24, 2.45) is 5.73 Å². The number of nitro benzene ring substituents is 1. The first-order valence-electron chi connectivity index (χ1n) is 7.26. The lowest BCUT2D eigenvalue weighted by molar-refractivity contribution is -0.385. The summed E-state index contributed by atoms with van der Waals surface area (Å²) in [5, 5.41) is 10.9. The molecule has 0 heterocycles. The van der Waals surface area contributed by atoms with E-state index in [1.54, 1.807) is 6.92 Å². The van der Waals surface area contributed by atoms with Crippen LogP contribution in [0.25, 0.3) is 0 Å². The highest BCUT2D eigenvalue weighted by atomic mass is 35.5. The quantitative estimate of drug-likeness (QED) is 0.542. The highest BCUT2D eigenvalue weighted by molar-refractivity contribution is 7.89. The molecule has 0 saturated carbocycles. The predicted octanol–water partition coefficient (Wildman–Crippen LogP) is 2.37. The number of rotatable bonds is 8. The molecular weight excluding hydrogens is 342 g/mol. The summed E-state index contributed by atoms with van der Waals surface area (Å²) in [7, 11) is -3.89. The van der Waals surface area contributed by atoms with Crippen molar-refractivity contribution >= 4 is 28.1 Å². The number of aryl methyl sites for hydroxylation is 1. The number of nitrogens with two attached hydrogens (primary N) is 1. The summed E-state index contributed by atoms with van der Waals surface area (Å²) in [6.07, 6.45) is 1.54. The first-order chi connectivity index (χ1) is 10.2. The van der Waals surface area contributed by atoms with E-state index in [0.717, 1.165) is 6.07 Å². The number of hydrogen-bond acceptors (Lipinski definition) is 5. The van der Waals surface area contributed by atoms with E-state index < -0.39 is 20.5 Å². The molecule has 1 aromatic carbocycles. The van der Waals surface area contributed by atoms with Crippen LogP contribution in [0.15, 0.2) is 23.1 Å². The van der Waals surface area contributed by atoms with Crippen LogP contribution in [0.5, 0.6) is 0 Å². The fraction of sp³-hybridized carbons (Fsp3) is 0.571. The zero-order valence-corrected chi connectivity index (χ0v) is 15.2. The van der Waals surface area contributed by atoms with Crippen LogP contribution in [0, 0.1) is 10.1 Å². The zero-order valence-electron chi connectivity index (χ0n) is 13.5. The topological polar surface area (TPSA) is 115 Å². The van der Waals surface area contributed by atoms with E-state index in [4.69, 9.17) is 5.73 Å². The monoisotopic (exact) mass is 365 g/mol. The summed E-state index contributed by atoms with van der Waals surface area (Å²) in [6, 6.07) is 3.90. The second-order valence-electron chi connectivity index (χ2n) is 5.20. The smallest absolute Gasteiger partial charge is 0.270 e. The molecule has 0 spiro atoms. The fourth-order valence-electron chi connectivity index (χ4n) is 2.26. The van der Waals surface area contributed by atoms with Crippen LogP contribution in [0.2, 0.25) is 0 Å². The molecule has 3 N–H and O–H groups in total. The SMILES string of the molecule is CCc1ccc([N+](=O)[O-])cc1S(=O)(=O)NC(CC)(CC)CN.Cl. The van der Waals surface area contributed by atoms with Gasteiger partial charge in [-0.15, -0.1) is 12.4 Å². The van der Waals surface area contributed by atoms with Crippen LogP contribution in [0.3, 0.4) is 0 Å². The van der Waals surface area contributed by atoms with Gasteiger partial charge < -0.3 is 5.73 Å². The molecule has 0 fully saturated rings. The van der Waals surface area contributed by atoms with E-state index in [9.17, 15) is 18.5 Å². The van der Waals surface area contributed by atoms with Crippen LogP contribution < -0.4 is 10.5 Å². The van der Waals surface area contributed by atoms with Crippen molar-refractivity contribution in [2.45, 2.75) is 50.5 Å². The van der Waals surface area contributed by atoms with Crippen LogP contribution in [-0.2, 0) is 16.4 Å². The van der Waals surface area contributed by atoms with Crippen LogP contribution in [-0.4, -0.2) is 25.4 Å². The van der Waals surface area contributed by atoms with Gasteiger partial charge in [0.15, 0.2) is 0 Å². The van der Waals surface area contributed by atoms with Gasteiger partial charge in [0.25, 0.3) is 5.69 Å². The number of nitrogens with one attached hydrogen (secondary N) is 1. The summed E-state index contributed by atoms with van der Waals surface area (Å²) in [5.74, 6) is 0. The van der Waals surface area contributed by atoms with Gasteiger partial charge in [0.1, 0.15) is 0 Å². The normalized spacial score (nSPS) is 11.8. The van der Waals surface area contributed by atoms with Crippen LogP contribution in [0.4, 0.5) is 5.69 Å². The highest BCUT2D eigenvalue weighted by Crippen LogP contribution is 2.25. The van der Waals surface area contributed by atoms with Crippen molar-refractivity contribution in [1.29, 1.82) is 0 Å². The Kier molecular flexibility index (Phi) is 8.13. The third-order valence-corrected chi connectivity index (χ3v) is 5.69. The molecule has 0 unspecified atom stereocenters. The van der Waals surface area contributed by atoms with Crippen LogP contribution >= 0.6 is 12.4 Å². The number of nitrogens with zero attached hydrogens (tertiary/aromatic N) is 1. The molecular formula is C14H24ClN3O4S. The Morgan fingerprint density at radius 1 is 1.26 bits per heavy atom. The lowest BCUT2D eigenvalue weighted by Crippen LogP contribution is -2.52. The second-order valence-corrected chi connectivity index (χ2v) is 6.85. The predicted molar refractivity (Wildman–Crippen MR) is 92.4 cm³/mol. The molecule has 0 aliphatic carbocycles. The Labute approximate surface area is 143 Å². The van der Waals surface area contributed by atoms with E-state index in [1.807, 2.05) is 13.8 Å². The van der Waals surface area contributed by atoms with Crippen molar-refractivity contribution in [3.8, 4) is 0 Å². The van der Waals surface area contributed by atoms with E-state index in [1.165, 1.54) is 12.1 Å². The summed E-state index contributed by atoms with van der Waals surface area (Å²) >= 11 is 0. The van der Waals surface area contributed by atoms with E-state index >= 15 is 0 Å². The molecule has 0 aliphatic rings. The van der Waals surface area contributed by atoms with E-state index in [0.29, 0.717) is 24.8 Å². The minimum Gasteiger partial charge on any atom is -0.329 e. The Morgan fingerprint density at radius 2 is 1.83 bits per heavy atom. The number of nitro groups is 1. The molecule has 0 radical (unpaired) electrons. The van der Waals surface area contributed by atoms with Gasteiger partial charge in [-0.3, -0.25) is 10.1 Å². The Hall–Kier alpha value is -1.22. The van der Waals surface area contributed by atoms with E-state index in [-0.39, 0.29) is 29.5 Å². The number of benzene rings is 1. The van der Waals surface area contributed by atoms with Gasteiger partial charge in [0.2, 0.25) is 10.0 Å². The molecule has 0 aromatic heterocycles. The lowest BCUT2D eigenvalue weighted by Gasteiger charge is -2.31. The van der Waals surface area contributed by atoms with Crippen molar-refractivity contribution in [3.05, 3.63) is 33.9 Å². The molecule has 0 saturated heterocycles. The minimum absolute atomic E-state index is 0. The highest BCUT2D eigenvalue weighted by Gasteiger charge is 2.32. The van der Waals surface area contributed by atoms with Crippen molar-refractivity contribution in [2.75, 3.05) is 6.54 Å². The number of sulfonamides is 1. The average Bonchev–Trinajstić information content (AvgIpc) is 2.52. The van der Waals surface area contributed by atoms with Crippen molar-refractivity contribution in [3.63, 3.8) is 0 Å². The lowest BCUT2D eigenvalue weighted by atomic mass is 9.95. The maximum absolute atomic E-state index is 12.7. The average molecular weight is 366 g/mol. The third kappa shape index (κ3) is 4.87. The molecule has 9 heteroatoms. The maximum atomic E-state index is 12.7. The van der Waals surface area contributed by atoms with Gasteiger partial charge in [-0.1, -0.05) is 26.8 Å². The molecule has 0 atom stereocenters. The van der Waals surface area contributed by atoms with Gasteiger partial charge in [0.05, 0.1) is 9.82 Å². The van der Waals surface area contributed by atoms with E-state index in [2.05, 4.69) is 4.72 Å². The van der Waals surface area contributed by atoms with Crippen molar-refractivity contribution in [1.82, 2.24) is 4.72 Å². The van der Waals surface area contributed by atoms with Gasteiger partial charge in [0, 0.05) is 24.2 Å². The summed E-state index contributed by atoms with van der Waals surface area (Å²) < 4.78 is 28.0. The molecule has 7 nitrogen and oxygen atoms in total. The fourth-order valence-corrected chi connectivity index (χ4v) is 4.15. The molecule has 132 valence electrons. The minimum atomic E-state index is -3.89. The first-order valence-corrected chi connectivity index (χ1v) is 8.75. The Bertz CT molecular complexity index is 637. The summed E-state index contributed by atoms with van der Waals surface area (Å²) in [6.45, 7) is 5.67. The van der Waals surface area contributed by atoms with Gasteiger partial charge in [-0.05, 0) is 24.8 Å². The summed E-state index contributed by atoms with van der Waals surface area (Å²) in [5.41, 5.74) is 5.28. The van der Waals surface area contributed by atoms with Crippen LogP contribution in [0.1, 0.15) is 39.2 Å². The van der Waals surface area contributed by atoms with Crippen molar-refractivity contribution < 1.29 is 13.3 Å². The Balaban J connectivity index is 0.00000484. The first kappa shape index (κ1) is 21.8. The van der Waals surface area contributed by atoms with Gasteiger partial charge in [-0.2, -0.15) is 0 Å². The Morgan fingerprint density at radius 3 is 2.22 bits per heavy atom. The largest absolute Gasteiger partial charge is 0.329 e. The zero-order chi connectivity index (χ0) is 17.0. The van der Waals surface area contributed by atoms with Gasteiger partial charge >= 0.3 is 0 Å². The maximum Gasteiger partial charge on any atom is 0.270 e.